The lowest BCUT2D eigenvalue weighted by atomic mass is 9.91. The van der Waals surface area contributed by atoms with E-state index < -0.39 is 21.5 Å². The molecule has 34 heavy (non-hydrogen) atoms. The van der Waals surface area contributed by atoms with Crippen molar-refractivity contribution in [3.8, 4) is 0 Å². The molecule has 182 valence electrons. The van der Waals surface area contributed by atoms with Crippen LogP contribution in [-0.2, 0) is 19.6 Å². The summed E-state index contributed by atoms with van der Waals surface area (Å²) < 4.78 is 28.1. The van der Waals surface area contributed by atoms with E-state index in [4.69, 9.17) is 0 Å². The van der Waals surface area contributed by atoms with Crippen molar-refractivity contribution in [2.75, 3.05) is 18.0 Å². The van der Waals surface area contributed by atoms with Gasteiger partial charge in [-0.15, -0.1) is 0 Å². The largest absolute Gasteiger partial charge is 0.351 e. The van der Waals surface area contributed by atoms with Crippen LogP contribution in [0.3, 0.4) is 0 Å². The van der Waals surface area contributed by atoms with Crippen molar-refractivity contribution in [1.82, 2.24) is 9.62 Å². The minimum atomic E-state index is -3.96. The standard InChI is InChI=1S/C26H33N3O4S/c1-19-9-13-22(14-10-19)29-24(30)17-28(34(32,33)23-15-11-20(2)12-16-23)18-26(29,3)25(31)27-21-7-5-4-6-8-21/h9-16,21H,4-8,17-18H2,1-3H3,(H,27,31). The lowest BCUT2D eigenvalue weighted by Crippen LogP contribution is -2.70. The number of rotatable bonds is 5. The summed E-state index contributed by atoms with van der Waals surface area (Å²) >= 11 is 0. The molecule has 1 saturated heterocycles. The molecule has 1 heterocycles. The zero-order valence-corrected chi connectivity index (χ0v) is 20.9. The summed E-state index contributed by atoms with van der Waals surface area (Å²) in [5.41, 5.74) is 1.17. The van der Waals surface area contributed by atoms with E-state index in [9.17, 15) is 18.0 Å². The third kappa shape index (κ3) is 4.74. The molecule has 1 N–H and O–H groups in total. The summed E-state index contributed by atoms with van der Waals surface area (Å²) in [6.07, 6.45) is 5.05. The molecule has 1 aliphatic heterocycles. The van der Waals surface area contributed by atoms with Gasteiger partial charge in [0.05, 0.1) is 11.4 Å². The Morgan fingerprint density at radius 1 is 0.941 bits per heavy atom. The van der Waals surface area contributed by atoms with Crippen LogP contribution in [0.5, 0.6) is 0 Å². The first-order chi connectivity index (χ1) is 16.1. The zero-order chi connectivity index (χ0) is 24.5. The van der Waals surface area contributed by atoms with Crippen LogP contribution in [0.4, 0.5) is 5.69 Å². The fourth-order valence-electron chi connectivity index (χ4n) is 4.88. The number of amides is 2. The van der Waals surface area contributed by atoms with E-state index in [1.165, 1.54) is 4.90 Å². The highest BCUT2D eigenvalue weighted by Gasteiger charge is 2.51. The fourth-order valence-corrected chi connectivity index (χ4v) is 6.36. The van der Waals surface area contributed by atoms with Crippen molar-refractivity contribution in [1.29, 1.82) is 0 Å². The summed E-state index contributed by atoms with van der Waals surface area (Å²) in [4.78, 5) is 28.8. The van der Waals surface area contributed by atoms with Gasteiger partial charge >= 0.3 is 0 Å². The van der Waals surface area contributed by atoms with Gasteiger partial charge in [-0.3, -0.25) is 14.5 Å². The average molecular weight is 484 g/mol. The van der Waals surface area contributed by atoms with E-state index in [0.29, 0.717) is 5.69 Å². The predicted octanol–water partition coefficient (Wildman–Crippen LogP) is 3.55. The molecule has 1 unspecified atom stereocenters. The van der Waals surface area contributed by atoms with Crippen LogP contribution < -0.4 is 10.2 Å². The number of carbonyl (C=O) groups excluding carboxylic acids is 2. The number of carbonyl (C=O) groups is 2. The van der Waals surface area contributed by atoms with Gasteiger partial charge in [-0.2, -0.15) is 4.31 Å². The van der Waals surface area contributed by atoms with Gasteiger partial charge < -0.3 is 5.32 Å². The first kappa shape index (κ1) is 24.4. The number of anilines is 1. The summed E-state index contributed by atoms with van der Waals surface area (Å²) in [5.74, 6) is -0.746. The van der Waals surface area contributed by atoms with Crippen LogP contribution in [0, 0.1) is 13.8 Å². The van der Waals surface area contributed by atoms with E-state index in [1.54, 1.807) is 31.2 Å². The maximum atomic E-state index is 13.7. The van der Waals surface area contributed by atoms with Crippen molar-refractivity contribution in [3.05, 3.63) is 59.7 Å². The molecule has 2 fully saturated rings. The maximum Gasteiger partial charge on any atom is 0.247 e. The van der Waals surface area contributed by atoms with Gasteiger partial charge in [0.2, 0.25) is 21.8 Å². The van der Waals surface area contributed by atoms with Crippen molar-refractivity contribution in [3.63, 3.8) is 0 Å². The van der Waals surface area contributed by atoms with Crippen molar-refractivity contribution in [2.24, 2.45) is 0 Å². The number of nitrogens with zero attached hydrogens (tertiary/aromatic N) is 2. The number of benzene rings is 2. The predicted molar refractivity (Wildman–Crippen MR) is 132 cm³/mol. The van der Waals surface area contributed by atoms with Gasteiger partial charge in [0, 0.05) is 18.3 Å². The minimum absolute atomic E-state index is 0.0390. The van der Waals surface area contributed by atoms with Gasteiger partial charge in [0.15, 0.2) is 0 Å². The Morgan fingerprint density at radius 2 is 1.50 bits per heavy atom. The van der Waals surface area contributed by atoms with E-state index in [2.05, 4.69) is 5.32 Å². The first-order valence-electron chi connectivity index (χ1n) is 11.9. The Bertz CT molecular complexity index is 1160. The molecule has 0 aromatic heterocycles. The first-order valence-corrected chi connectivity index (χ1v) is 13.3. The summed E-state index contributed by atoms with van der Waals surface area (Å²) in [6.45, 7) is 5.05. The van der Waals surface area contributed by atoms with Crippen LogP contribution >= 0.6 is 0 Å². The fraction of sp³-hybridized carbons (Fsp3) is 0.462. The Morgan fingerprint density at radius 3 is 2.09 bits per heavy atom. The van der Waals surface area contributed by atoms with Gasteiger partial charge in [0.1, 0.15) is 5.54 Å². The average Bonchev–Trinajstić information content (AvgIpc) is 2.81. The minimum Gasteiger partial charge on any atom is -0.351 e. The second kappa shape index (κ2) is 9.50. The van der Waals surface area contributed by atoms with Crippen LogP contribution in [0.25, 0.3) is 0 Å². The molecule has 2 aromatic carbocycles. The second-order valence-electron chi connectivity index (χ2n) is 9.73. The van der Waals surface area contributed by atoms with E-state index in [1.807, 2.05) is 38.1 Å². The number of aryl methyl sites for hydroxylation is 2. The summed E-state index contributed by atoms with van der Waals surface area (Å²) in [5, 5.41) is 3.13. The molecule has 2 amide bonds. The third-order valence-electron chi connectivity index (χ3n) is 6.92. The molecular formula is C26H33N3O4S. The van der Waals surface area contributed by atoms with Gasteiger partial charge in [-0.25, -0.2) is 8.42 Å². The molecule has 1 saturated carbocycles. The Hall–Kier alpha value is -2.71. The molecule has 0 radical (unpaired) electrons. The zero-order valence-electron chi connectivity index (χ0n) is 20.1. The Kier molecular flexibility index (Phi) is 6.82. The van der Waals surface area contributed by atoms with E-state index >= 15 is 0 Å². The topological polar surface area (TPSA) is 86.8 Å². The second-order valence-corrected chi connectivity index (χ2v) is 11.7. The van der Waals surface area contributed by atoms with Crippen molar-refractivity contribution in [2.45, 2.75) is 69.4 Å². The maximum absolute atomic E-state index is 13.7. The highest BCUT2D eigenvalue weighted by atomic mass is 32.2. The molecule has 1 aliphatic carbocycles. The molecule has 0 bridgehead atoms. The van der Waals surface area contributed by atoms with Gasteiger partial charge in [0.25, 0.3) is 0 Å². The smallest absolute Gasteiger partial charge is 0.247 e. The number of hydrogen-bond acceptors (Lipinski definition) is 4. The SMILES string of the molecule is Cc1ccc(N2C(=O)CN(S(=O)(=O)c3ccc(C)cc3)CC2(C)C(=O)NC2CCCCC2)cc1. The van der Waals surface area contributed by atoms with Crippen LogP contribution in [-0.4, -0.2) is 49.2 Å². The quantitative estimate of drug-likeness (QED) is 0.705. The number of piperazine rings is 1. The van der Waals surface area contributed by atoms with Crippen molar-refractivity contribution >= 4 is 27.5 Å². The van der Waals surface area contributed by atoms with Crippen molar-refractivity contribution < 1.29 is 18.0 Å². The Balaban J connectivity index is 1.71. The van der Waals surface area contributed by atoms with Gasteiger partial charge in [-0.05, 0) is 57.9 Å². The van der Waals surface area contributed by atoms with Crippen LogP contribution in [0.15, 0.2) is 53.4 Å². The van der Waals surface area contributed by atoms with Gasteiger partial charge in [-0.1, -0.05) is 54.7 Å². The lowest BCUT2D eigenvalue weighted by molar-refractivity contribution is -0.133. The normalized spacial score (nSPS) is 22.6. The van der Waals surface area contributed by atoms with Crippen LogP contribution in [0.2, 0.25) is 0 Å². The molecule has 2 aliphatic rings. The molecule has 7 nitrogen and oxygen atoms in total. The lowest BCUT2D eigenvalue weighted by Gasteiger charge is -2.47. The molecule has 8 heteroatoms. The molecule has 4 rings (SSSR count). The molecule has 2 aromatic rings. The number of nitrogens with one attached hydrogen (secondary N) is 1. The molecular weight excluding hydrogens is 450 g/mol. The number of hydrogen-bond donors (Lipinski definition) is 1. The highest BCUT2D eigenvalue weighted by molar-refractivity contribution is 7.89. The monoisotopic (exact) mass is 483 g/mol. The molecule has 0 spiro atoms. The van der Waals surface area contributed by atoms with Crippen LogP contribution in [0.1, 0.15) is 50.2 Å². The Labute approximate surface area is 202 Å². The third-order valence-corrected chi connectivity index (χ3v) is 8.73. The summed E-state index contributed by atoms with van der Waals surface area (Å²) in [7, 11) is -3.96. The molecule has 1 atom stereocenters. The van der Waals surface area contributed by atoms with E-state index in [0.717, 1.165) is 47.5 Å². The number of sulfonamides is 1. The summed E-state index contributed by atoms with van der Waals surface area (Å²) in [6, 6.07) is 14.0. The van der Waals surface area contributed by atoms with E-state index in [-0.39, 0.29) is 29.9 Å². The highest BCUT2D eigenvalue weighted by Crippen LogP contribution is 2.33.